The Bertz CT molecular complexity index is 563. The van der Waals surface area contributed by atoms with Crippen molar-refractivity contribution in [3.8, 4) is 0 Å². The summed E-state index contributed by atoms with van der Waals surface area (Å²) in [5, 5.41) is 9.15. The number of anilines is 1. The van der Waals surface area contributed by atoms with Gasteiger partial charge >= 0.3 is 0 Å². The fourth-order valence-electron chi connectivity index (χ4n) is 1.42. The standard InChI is InChI=1S/C11H16BrFN2O3S/c1-6(2)10(5-16)15-19(17,18)11-3-7(12)8(13)4-9(11)14/h3-4,6,10,15-16H,5,14H2,1-2H3/t10-/m1/s1. The molecule has 0 saturated heterocycles. The highest BCUT2D eigenvalue weighted by atomic mass is 79.9. The van der Waals surface area contributed by atoms with Crippen molar-refractivity contribution in [1.29, 1.82) is 0 Å². The Kier molecular flexibility index (Phi) is 5.31. The van der Waals surface area contributed by atoms with Crippen molar-refractivity contribution in [3.63, 3.8) is 0 Å². The molecular formula is C11H16BrFN2O3S. The number of rotatable bonds is 5. The topological polar surface area (TPSA) is 92.4 Å². The highest BCUT2D eigenvalue weighted by Gasteiger charge is 2.24. The second-order valence-corrected chi connectivity index (χ2v) is 7.00. The first-order valence-electron chi connectivity index (χ1n) is 5.56. The normalized spacial score (nSPS) is 13.8. The first-order valence-corrected chi connectivity index (χ1v) is 7.84. The van der Waals surface area contributed by atoms with Gasteiger partial charge in [0.05, 0.1) is 16.8 Å². The van der Waals surface area contributed by atoms with Crippen molar-refractivity contribution >= 4 is 31.6 Å². The zero-order valence-corrected chi connectivity index (χ0v) is 12.9. The highest BCUT2D eigenvalue weighted by molar-refractivity contribution is 9.10. The van der Waals surface area contributed by atoms with E-state index in [0.717, 1.165) is 12.1 Å². The molecule has 108 valence electrons. The fourth-order valence-corrected chi connectivity index (χ4v) is 3.43. The van der Waals surface area contributed by atoms with Crippen molar-refractivity contribution in [1.82, 2.24) is 4.72 Å². The van der Waals surface area contributed by atoms with Gasteiger partial charge in [-0.15, -0.1) is 0 Å². The third-order valence-corrected chi connectivity index (χ3v) is 4.80. The van der Waals surface area contributed by atoms with Gasteiger partial charge in [0.2, 0.25) is 10.0 Å². The number of hydrogen-bond donors (Lipinski definition) is 3. The van der Waals surface area contributed by atoms with Gasteiger partial charge in [0.25, 0.3) is 0 Å². The van der Waals surface area contributed by atoms with Crippen LogP contribution in [0.5, 0.6) is 0 Å². The van der Waals surface area contributed by atoms with E-state index in [1.54, 1.807) is 13.8 Å². The average Bonchev–Trinajstić information content (AvgIpc) is 2.30. The van der Waals surface area contributed by atoms with Crippen LogP contribution in [0.3, 0.4) is 0 Å². The van der Waals surface area contributed by atoms with E-state index in [0.29, 0.717) is 0 Å². The van der Waals surface area contributed by atoms with Crippen molar-refractivity contribution in [2.45, 2.75) is 24.8 Å². The number of sulfonamides is 1. The largest absolute Gasteiger partial charge is 0.398 e. The predicted molar refractivity (Wildman–Crippen MR) is 74.5 cm³/mol. The molecule has 0 aliphatic rings. The maximum absolute atomic E-state index is 13.2. The second kappa shape index (κ2) is 6.17. The summed E-state index contributed by atoms with van der Waals surface area (Å²) in [6, 6.07) is 1.40. The monoisotopic (exact) mass is 354 g/mol. The molecule has 0 aliphatic heterocycles. The Balaban J connectivity index is 3.17. The molecule has 19 heavy (non-hydrogen) atoms. The van der Waals surface area contributed by atoms with Gasteiger partial charge in [0, 0.05) is 6.04 Å². The molecule has 1 atom stereocenters. The molecule has 1 aromatic rings. The smallest absolute Gasteiger partial charge is 0.242 e. The van der Waals surface area contributed by atoms with E-state index in [-0.39, 0.29) is 27.6 Å². The first kappa shape index (κ1) is 16.4. The van der Waals surface area contributed by atoms with E-state index >= 15 is 0 Å². The van der Waals surface area contributed by atoms with Crippen LogP contribution in [0, 0.1) is 11.7 Å². The second-order valence-electron chi connectivity index (χ2n) is 4.46. The van der Waals surface area contributed by atoms with Crippen LogP contribution in [0.15, 0.2) is 21.5 Å². The minimum Gasteiger partial charge on any atom is -0.398 e. The van der Waals surface area contributed by atoms with Crippen LogP contribution in [0.25, 0.3) is 0 Å². The number of aliphatic hydroxyl groups is 1. The van der Waals surface area contributed by atoms with Crippen LogP contribution in [-0.4, -0.2) is 26.2 Å². The summed E-state index contributed by atoms with van der Waals surface area (Å²) in [6.07, 6.45) is 0. The molecule has 8 heteroatoms. The van der Waals surface area contributed by atoms with E-state index in [2.05, 4.69) is 20.7 Å². The summed E-state index contributed by atoms with van der Waals surface area (Å²) < 4.78 is 39.9. The third-order valence-electron chi connectivity index (χ3n) is 2.65. The van der Waals surface area contributed by atoms with E-state index in [4.69, 9.17) is 10.8 Å². The number of nitrogens with two attached hydrogens (primary N) is 1. The number of nitrogens with one attached hydrogen (secondary N) is 1. The van der Waals surface area contributed by atoms with Crippen molar-refractivity contribution in [2.75, 3.05) is 12.3 Å². The van der Waals surface area contributed by atoms with E-state index in [9.17, 15) is 12.8 Å². The number of hydrogen-bond acceptors (Lipinski definition) is 4. The van der Waals surface area contributed by atoms with Gasteiger partial charge in [0.1, 0.15) is 10.7 Å². The number of nitrogen functional groups attached to an aromatic ring is 1. The molecule has 1 aromatic carbocycles. The minimum atomic E-state index is -3.92. The van der Waals surface area contributed by atoms with E-state index < -0.39 is 21.9 Å². The zero-order chi connectivity index (χ0) is 14.8. The average molecular weight is 355 g/mol. The minimum absolute atomic E-state index is 0.00664. The molecule has 1 rings (SSSR count). The van der Waals surface area contributed by atoms with Gasteiger partial charge in [-0.25, -0.2) is 17.5 Å². The molecule has 0 heterocycles. The van der Waals surface area contributed by atoms with Gasteiger partial charge in [-0.1, -0.05) is 13.8 Å². The summed E-state index contributed by atoms with van der Waals surface area (Å²) >= 11 is 2.91. The van der Waals surface area contributed by atoms with Gasteiger partial charge in [-0.2, -0.15) is 0 Å². The summed E-state index contributed by atoms with van der Waals surface area (Å²) in [6.45, 7) is 3.21. The van der Waals surface area contributed by atoms with Crippen LogP contribution in [-0.2, 0) is 10.0 Å². The zero-order valence-electron chi connectivity index (χ0n) is 10.5. The van der Waals surface area contributed by atoms with Crippen molar-refractivity contribution in [2.24, 2.45) is 5.92 Å². The molecule has 0 radical (unpaired) electrons. The van der Waals surface area contributed by atoms with Crippen LogP contribution >= 0.6 is 15.9 Å². The molecule has 0 spiro atoms. The quantitative estimate of drug-likeness (QED) is 0.698. The molecule has 5 nitrogen and oxygen atoms in total. The third kappa shape index (κ3) is 3.88. The molecule has 0 bridgehead atoms. The van der Waals surface area contributed by atoms with Gasteiger partial charge in [0.15, 0.2) is 0 Å². The van der Waals surface area contributed by atoms with Crippen LogP contribution < -0.4 is 10.5 Å². The van der Waals surface area contributed by atoms with Crippen molar-refractivity contribution in [3.05, 3.63) is 22.4 Å². The van der Waals surface area contributed by atoms with Crippen LogP contribution in [0.2, 0.25) is 0 Å². The molecule has 0 aromatic heterocycles. The molecule has 0 fully saturated rings. The lowest BCUT2D eigenvalue weighted by Gasteiger charge is -2.20. The van der Waals surface area contributed by atoms with Gasteiger partial charge in [-0.3, -0.25) is 0 Å². The van der Waals surface area contributed by atoms with Gasteiger partial charge < -0.3 is 10.8 Å². The Morgan fingerprint density at radius 3 is 2.53 bits per heavy atom. The lowest BCUT2D eigenvalue weighted by atomic mass is 10.1. The Morgan fingerprint density at radius 2 is 2.05 bits per heavy atom. The molecule has 0 unspecified atom stereocenters. The first-order chi connectivity index (χ1) is 8.69. The summed E-state index contributed by atoms with van der Waals surface area (Å²) in [5.41, 5.74) is 5.34. The maximum Gasteiger partial charge on any atom is 0.242 e. The van der Waals surface area contributed by atoms with E-state index in [1.165, 1.54) is 0 Å². The molecule has 4 N–H and O–H groups in total. The molecule has 0 amide bonds. The van der Waals surface area contributed by atoms with Crippen LogP contribution in [0.4, 0.5) is 10.1 Å². The maximum atomic E-state index is 13.2. The molecule has 0 aliphatic carbocycles. The number of halogens is 2. The summed E-state index contributed by atoms with van der Waals surface area (Å²) in [7, 11) is -3.92. The molecular weight excluding hydrogens is 339 g/mol. The lowest BCUT2D eigenvalue weighted by Crippen LogP contribution is -2.41. The lowest BCUT2D eigenvalue weighted by molar-refractivity contribution is 0.227. The number of aliphatic hydroxyl groups excluding tert-OH is 1. The van der Waals surface area contributed by atoms with E-state index in [1.807, 2.05) is 0 Å². The SMILES string of the molecule is CC(C)[C@@H](CO)NS(=O)(=O)c1cc(Br)c(F)cc1N. The Hall–Kier alpha value is -0.700. The highest BCUT2D eigenvalue weighted by Crippen LogP contribution is 2.26. The van der Waals surface area contributed by atoms with Crippen molar-refractivity contribution < 1.29 is 17.9 Å². The number of benzene rings is 1. The summed E-state index contributed by atoms with van der Waals surface area (Å²) in [4.78, 5) is -0.222. The Labute approximate surface area is 120 Å². The molecule has 0 saturated carbocycles. The fraction of sp³-hybridized carbons (Fsp3) is 0.455. The Morgan fingerprint density at radius 1 is 1.47 bits per heavy atom. The summed E-state index contributed by atoms with van der Waals surface area (Å²) in [5.74, 6) is -0.732. The predicted octanol–water partition coefficient (Wildman–Crippen LogP) is 1.47. The van der Waals surface area contributed by atoms with Crippen LogP contribution in [0.1, 0.15) is 13.8 Å². The van der Waals surface area contributed by atoms with Gasteiger partial charge in [-0.05, 0) is 34.0 Å².